The van der Waals surface area contributed by atoms with Crippen LogP contribution in [0.4, 0.5) is 0 Å². The van der Waals surface area contributed by atoms with Crippen LogP contribution in [0.2, 0.25) is 0 Å². The molecule has 132 valence electrons. The number of fused-ring (bicyclic) bond motifs is 3. The van der Waals surface area contributed by atoms with Crippen LogP contribution in [0.5, 0.6) is 0 Å². The van der Waals surface area contributed by atoms with Crippen LogP contribution in [0.1, 0.15) is 28.5 Å². The second kappa shape index (κ2) is 6.97. The summed E-state index contributed by atoms with van der Waals surface area (Å²) in [5.74, 6) is 0.265. The third-order valence-electron chi connectivity index (χ3n) is 4.30. The molecule has 4 rings (SSSR count). The molecule has 1 aliphatic rings. The lowest BCUT2D eigenvalue weighted by atomic mass is 10.1. The Labute approximate surface area is 155 Å². The standard InChI is InChI=1S/C20H18N2O3S/c1-2-25-20(24)18-16-12-26-17-9-4-3-8-15(17)19(16)22(21-18)14-7-5-6-13(10-14)11-23/h3-10,23H,2,11-12H2,1H3. The molecular weight excluding hydrogens is 348 g/mol. The third-order valence-corrected chi connectivity index (χ3v) is 5.40. The first-order valence-corrected chi connectivity index (χ1v) is 9.43. The second-order valence-electron chi connectivity index (χ2n) is 5.92. The van der Waals surface area contributed by atoms with Gasteiger partial charge < -0.3 is 9.84 Å². The molecule has 6 heteroatoms. The van der Waals surface area contributed by atoms with E-state index in [4.69, 9.17) is 4.74 Å². The topological polar surface area (TPSA) is 64.3 Å². The van der Waals surface area contributed by atoms with E-state index in [1.807, 2.05) is 42.5 Å². The molecule has 0 bridgehead atoms. The maximum absolute atomic E-state index is 12.4. The van der Waals surface area contributed by atoms with E-state index in [-0.39, 0.29) is 6.61 Å². The van der Waals surface area contributed by atoms with E-state index in [9.17, 15) is 9.90 Å². The number of ether oxygens (including phenoxy) is 1. The summed E-state index contributed by atoms with van der Waals surface area (Å²) in [5, 5.41) is 14.1. The largest absolute Gasteiger partial charge is 0.461 e. The Kier molecular flexibility index (Phi) is 4.53. The number of hydrogen-bond acceptors (Lipinski definition) is 5. The van der Waals surface area contributed by atoms with Crippen molar-refractivity contribution < 1.29 is 14.6 Å². The van der Waals surface area contributed by atoms with Crippen molar-refractivity contribution in [3.05, 3.63) is 65.4 Å². The minimum Gasteiger partial charge on any atom is -0.461 e. The zero-order chi connectivity index (χ0) is 18.1. The highest BCUT2D eigenvalue weighted by Gasteiger charge is 2.29. The third kappa shape index (κ3) is 2.81. The van der Waals surface area contributed by atoms with E-state index in [0.29, 0.717) is 18.1 Å². The fraction of sp³-hybridized carbons (Fsp3) is 0.200. The van der Waals surface area contributed by atoms with Crippen molar-refractivity contribution in [2.45, 2.75) is 24.2 Å². The number of aliphatic hydroxyl groups excluding tert-OH is 1. The van der Waals surface area contributed by atoms with Gasteiger partial charge in [-0.05, 0) is 30.7 Å². The van der Waals surface area contributed by atoms with E-state index in [2.05, 4.69) is 11.2 Å². The Morgan fingerprint density at radius 1 is 1.27 bits per heavy atom. The predicted molar refractivity (Wildman–Crippen MR) is 100 cm³/mol. The first-order chi connectivity index (χ1) is 12.7. The number of benzene rings is 2. The van der Waals surface area contributed by atoms with Crippen LogP contribution in [0, 0.1) is 0 Å². The van der Waals surface area contributed by atoms with Gasteiger partial charge in [-0.1, -0.05) is 30.3 Å². The van der Waals surface area contributed by atoms with Crippen LogP contribution in [0.15, 0.2) is 53.4 Å². The van der Waals surface area contributed by atoms with Gasteiger partial charge in [0.1, 0.15) is 0 Å². The first kappa shape index (κ1) is 16.9. The number of nitrogens with zero attached hydrogens (tertiary/aromatic N) is 2. The van der Waals surface area contributed by atoms with E-state index in [1.54, 1.807) is 23.4 Å². The molecule has 0 radical (unpaired) electrons. The second-order valence-corrected chi connectivity index (χ2v) is 6.94. The van der Waals surface area contributed by atoms with Gasteiger partial charge in [-0.15, -0.1) is 11.8 Å². The SMILES string of the molecule is CCOC(=O)c1nn(-c2cccc(CO)c2)c2c1CSc1ccccc1-2. The quantitative estimate of drug-likeness (QED) is 0.711. The van der Waals surface area contributed by atoms with Crippen molar-refractivity contribution in [3.8, 4) is 16.9 Å². The highest BCUT2D eigenvalue weighted by Crippen LogP contribution is 2.43. The van der Waals surface area contributed by atoms with Crippen molar-refractivity contribution in [2.75, 3.05) is 6.61 Å². The minimum absolute atomic E-state index is 0.0472. The Balaban J connectivity index is 1.96. The van der Waals surface area contributed by atoms with Crippen molar-refractivity contribution in [3.63, 3.8) is 0 Å². The molecule has 0 unspecified atom stereocenters. The summed E-state index contributed by atoms with van der Waals surface area (Å²) in [5.41, 5.74) is 4.82. The van der Waals surface area contributed by atoms with Gasteiger partial charge in [0.15, 0.2) is 5.69 Å². The average Bonchev–Trinajstić information content (AvgIpc) is 3.08. The molecule has 5 nitrogen and oxygen atoms in total. The maximum atomic E-state index is 12.4. The van der Waals surface area contributed by atoms with Crippen LogP contribution in [0.25, 0.3) is 16.9 Å². The molecule has 0 aliphatic carbocycles. The average molecular weight is 366 g/mol. The Morgan fingerprint density at radius 3 is 2.92 bits per heavy atom. The van der Waals surface area contributed by atoms with Crippen LogP contribution in [-0.4, -0.2) is 27.5 Å². The monoisotopic (exact) mass is 366 g/mol. The lowest BCUT2D eigenvalue weighted by Crippen LogP contribution is -2.08. The van der Waals surface area contributed by atoms with E-state index in [1.165, 1.54) is 0 Å². The van der Waals surface area contributed by atoms with Gasteiger partial charge in [0.25, 0.3) is 0 Å². The summed E-state index contributed by atoms with van der Waals surface area (Å²) in [6, 6.07) is 15.7. The van der Waals surface area contributed by atoms with Gasteiger partial charge in [-0.2, -0.15) is 5.10 Å². The molecule has 0 amide bonds. The van der Waals surface area contributed by atoms with E-state index in [0.717, 1.165) is 33.0 Å². The van der Waals surface area contributed by atoms with Crippen molar-refractivity contribution >= 4 is 17.7 Å². The predicted octanol–water partition coefficient (Wildman–Crippen LogP) is 3.81. The molecule has 2 heterocycles. The summed E-state index contributed by atoms with van der Waals surface area (Å²) in [6.45, 7) is 2.05. The number of carbonyl (C=O) groups is 1. The van der Waals surface area contributed by atoms with E-state index < -0.39 is 5.97 Å². The highest BCUT2D eigenvalue weighted by atomic mass is 32.2. The van der Waals surface area contributed by atoms with Crippen LogP contribution in [-0.2, 0) is 17.1 Å². The van der Waals surface area contributed by atoms with Crippen LogP contribution in [0.3, 0.4) is 0 Å². The lowest BCUT2D eigenvalue weighted by molar-refractivity contribution is 0.0518. The molecule has 1 aliphatic heterocycles. The molecular formula is C20H18N2O3S. The zero-order valence-electron chi connectivity index (χ0n) is 14.3. The molecule has 26 heavy (non-hydrogen) atoms. The van der Waals surface area contributed by atoms with Gasteiger partial charge in [0, 0.05) is 21.8 Å². The summed E-state index contributed by atoms with van der Waals surface area (Å²) >= 11 is 1.70. The highest BCUT2D eigenvalue weighted by molar-refractivity contribution is 7.98. The van der Waals surface area contributed by atoms with Crippen molar-refractivity contribution in [2.24, 2.45) is 0 Å². The van der Waals surface area contributed by atoms with Crippen molar-refractivity contribution in [1.29, 1.82) is 0 Å². The molecule has 3 aromatic rings. The van der Waals surface area contributed by atoms with Gasteiger partial charge in [0.2, 0.25) is 0 Å². The molecule has 0 saturated heterocycles. The Hall–Kier alpha value is -2.57. The number of hydrogen-bond donors (Lipinski definition) is 1. The Bertz CT molecular complexity index is 981. The number of carbonyl (C=O) groups excluding carboxylic acids is 1. The van der Waals surface area contributed by atoms with Gasteiger partial charge >= 0.3 is 5.97 Å². The molecule has 0 fully saturated rings. The van der Waals surface area contributed by atoms with Crippen LogP contribution >= 0.6 is 11.8 Å². The number of esters is 1. The molecule has 0 atom stereocenters. The first-order valence-electron chi connectivity index (χ1n) is 8.44. The van der Waals surface area contributed by atoms with Gasteiger partial charge in [-0.3, -0.25) is 0 Å². The number of aliphatic hydroxyl groups is 1. The maximum Gasteiger partial charge on any atom is 0.359 e. The summed E-state index contributed by atoms with van der Waals surface area (Å²) < 4.78 is 7.00. The van der Waals surface area contributed by atoms with Gasteiger partial charge in [0.05, 0.1) is 24.6 Å². The fourth-order valence-electron chi connectivity index (χ4n) is 3.14. The van der Waals surface area contributed by atoms with Crippen LogP contribution < -0.4 is 0 Å². The number of aromatic nitrogens is 2. The lowest BCUT2D eigenvalue weighted by Gasteiger charge is -2.18. The smallest absolute Gasteiger partial charge is 0.359 e. The van der Waals surface area contributed by atoms with Crippen molar-refractivity contribution in [1.82, 2.24) is 9.78 Å². The fourth-order valence-corrected chi connectivity index (χ4v) is 4.21. The molecule has 2 aromatic carbocycles. The van der Waals surface area contributed by atoms with E-state index >= 15 is 0 Å². The molecule has 0 saturated carbocycles. The summed E-state index contributed by atoms with van der Waals surface area (Å²) in [6.07, 6.45) is 0. The minimum atomic E-state index is -0.402. The summed E-state index contributed by atoms with van der Waals surface area (Å²) in [7, 11) is 0. The molecule has 0 spiro atoms. The molecule has 1 N–H and O–H groups in total. The number of thioether (sulfide) groups is 1. The molecule has 1 aromatic heterocycles. The Morgan fingerprint density at radius 2 is 2.12 bits per heavy atom. The summed E-state index contributed by atoms with van der Waals surface area (Å²) in [4.78, 5) is 13.6. The number of rotatable bonds is 4. The normalized spacial score (nSPS) is 12.4. The van der Waals surface area contributed by atoms with Gasteiger partial charge in [-0.25, -0.2) is 9.48 Å². The zero-order valence-corrected chi connectivity index (χ0v) is 15.1.